The maximum absolute atomic E-state index is 5.29. The van der Waals surface area contributed by atoms with Crippen molar-refractivity contribution in [2.24, 2.45) is 10.4 Å². The van der Waals surface area contributed by atoms with Crippen LogP contribution < -0.4 is 5.32 Å². The van der Waals surface area contributed by atoms with Crippen molar-refractivity contribution in [2.75, 3.05) is 11.9 Å². The van der Waals surface area contributed by atoms with Gasteiger partial charge in [0.25, 0.3) is 0 Å². The fourth-order valence-corrected chi connectivity index (χ4v) is 5.76. The number of fused-ring (bicyclic) bond motifs is 3. The molecule has 172 valence electrons. The molecule has 4 heteroatoms. The summed E-state index contributed by atoms with van der Waals surface area (Å²) in [7, 11) is 2.24. The Morgan fingerprint density at radius 3 is 2.21 bits per heavy atom. The molecule has 1 N–H and O–H groups in total. The third kappa shape index (κ3) is 4.12. The second-order valence-electron chi connectivity index (χ2n) is 10.6. The monoisotopic (exact) mass is 447 g/mol. The van der Waals surface area contributed by atoms with Gasteiger partial charge in [0.15, 0.2) is 7.98 Å². The van der Waals surface area contributed by atoms with Gasteiger partial charge in [-0.2, -0.15) is 0 Å². The molecule has 3 aromatic rings. The molecule has 1 saturated heterocycles. The minimum atomic E-state index is 0.0821. The third-order valence-electron chi connectivity index (χ3n) is 7.62. The number of rotatable bonds is 3. The molecule has 0 spiro atoms. The molecular formula is C30H34BN3. The van der Waals surface area contributed by atoms with Crippen LogP contribution in [-0.4, -0.2) is 37.1 Å². The van der Waals surface area contributed by atoms with Gasteiger partial charge in [0, 0.05) is 23.1 Å². The molecule has 1 fully saturated rings. The van der Waals surface area contributed by atoms with Crippen molar-refractivity contribution in [1.29, 1.82) is 0 Å². The molecule has 34 heavy (non-hydrogen) atoms. The van der Waals surface area contributed by atoms with E-state index in [1.807, 2.05) is 0 Å². The lowest BCUT2D eigenvalue weighted by molar-refractivity contribution is 0.180. The van der Waals surface area contributed by atoms with Gasteiger partial charge in [-0.05, 0) is 36.1 Å². The van der Waals surface area contributed by atoms with E-state index in [9.17, 15) is 0 Å². The maximum Gasteiger partial charge on any atom is 0.185 e. The SMILES string of the molecule is BN1CC(C)(C)[C@@H]2Nc3c(N=C(c4ccccc4)c4ccccc4)cccc3[C@@H]2C(=C)CC1C. The highest BCUT2D eigenvalue weighted by Gasteiger charge is 2.45. The lowest BCUT2D eigenvalue weighted by Crippen LogP contribution is -2.50. The summed E-state index contributed by atoms with van der Waals surface area (Å²) in [6.45, 7) is 12.7. The number of hydrogen-bond donors (Lipinski definition) is 1. The number of nitrogens with one attached hydrogen (secondary N) is 1. The van der Waals surface area contributed by atoms with Crippen LogP contribution >= 0.6 is 0 Å². The molecule has 0 bridgehead atoms. The first-order chi connectivity index (χ1) is 16.3. The first-order valence-electron chi connectivity index (χ1n) is 12.3. The van der Waals surface area contributed by atoms with Crippen molar-refractivity contribution < 1.29 is 0 Å². The van der Waals surface area contributed by atoms with E-state index in [0.717, 1.165) is 41.2 Å². The molecule has 0 aromatic heterocycles. The van der Waals surface area contributed by atoms with Gasteiger partial charge in [-0.25, -0.2) is 4.99 Å². The second-order valence-corrected chi connectivity index (χ2v) is 10.6. The van der Waals surface area contributed by atoms with Crippen LogP contribution in [0.25, 0.3) is 0 Å². The standard InChI is InChI=1S/C30H34BN3/c1-20-18-21(2)34(31)19-30(3,4)29-26(20)24-16-11-17-25(28(24)33-29)32-27(22-12-7-5-8-13-22)23-14-9-6-10-15-23/h5-17,21,26,29,33H,1,18-19,31H2,2-4H3/t21?,26-,29+/m0/s1. The maximum atomic E-state index is 5.29. The van der Waals surface area contributed by atoms with Crippen LogP contribution in [0.2, 0.25) is 0 Å². The summed E-state index contributed by atoms with van der Waals surface area (Å²) in [5, 5.41) is 3.94. The number of benzene rings is 3. The Bertz CT molecular complexity index is 1170. The topological polar surface area (TPSA) is 27.6 Å². The summed E-state index contributed by atoms with van der Waals surface area (Å²) in [5.41, 5.74) is 8.12. The van der Waals surface area contributed by atoms with Gasteiger partial charge in [-0.1, -0.05) is 106 Å². The van der Waals surface area contributed by atoms with Gasteiger partial charge in [0.1, 0.15) is 0 Å². The molecule has 3 atom stereocenters. The first kappa shape index (κ1) is 22.7. The summed E-state index contributed by atoms with van der Waals surface area (Å²) < 4.78 is 0. The van der Waals surface area contributed by atoms with Gasteiger partial charge in [-0.15, -0.1) is 0 Å². The van der Waals surface area contributed by atoms with Crippen LogP contribution in [0.4, 0.5) is 11.4 Å². The molecule has 2 aliphatic heterocycles. The van der Waals surface area contributed by atoms with E-state index in [0.29, 0.717) is 18.0 Å². The van der Waals surface area contributed by atoms with Gasteiger partial charge >= 0.3 is 0 Å². The van der Waals surface area contributed by atoms with Crippen molar-refractivity contribution in [3.63, 3.8) is 0 Å². The minimum absolute atomic E-state index is 0.0821. The summed E-state index contributed by atoms with van der Waals surface area (Å²) in [6, 6.07) is 28.3. The highest BCUT2D eigenvalue weighted by molar-refractivity contribution is 6.14. The Balaban J connectivity index is 1.64. The van der Waals surface area contributed by atoms with Crippen LogP contribution in [0.1, 0.15) is 49.8 Å². The van der Waals surface area contributed by atoms with Crippen LogP contribution in [0.15, 0.2) is 96.0 Å². The lowest BCUT2D eigenvalue weighted by Gasteiger charge is -2.44. The molecule has 3 aromatic carbocycles. The van der Waals surface area contributed by atoms with Crippen LogP contribution in [-0.2, 0) is 0 Å². The second kappa shape index (κ2) is 8.92. The Hall–Kier alpha value is -3.11. The fraction of sp³-hybridized carbons (Fsp3) is 0.300. The Morgan fingerprint density at radius 1 is 0.971 bits per heavy atom. The highest BCUT2D eigenvalue weighted by atomic mass is 15.1. The zero-order chi connectivity index (χ0) is 23.9. The Kier molecular flexibility index (Phi) is 5.95. The summed E-state index contributed by atoms with van der Waals surface area (Å²) in [5.74, 6) is 0.299. The zero-order valence-corrected chi connectivity index (χ0v) is 20.8. The zero-order valence-electron chi connectivity index (χ0n) is 20.8. The molecule has 2 aliphatic rings. The van der Waals surface area contributed by atoms with E-state index in [2.05, 4.69) is 124 Å². The number of nitrogens with zero attached hydrogens (tertiary/aromatic N) is 2. The molecular weight excluding hydrogens is 413 g/mol. The van der Waals surface area contributed by atoms with Gasteiger partial charge in [0.2, 0.25) is 0 Å². The van der Waals surface area contributed by atoms with E-state index in [1.54, 1.807) is 0 Å². The smallest absolute Gasteiger partial charge is 0.185 e. The van der Waals surface area contributed by atoms with Crippen LogP contribution in [0.5, 0.6) is 0 Å². The Labute approximate surface area is 205 Å². The van der Waals surface area contributed by atoms with Crippen LogP contribution in [0, 0.1) is 5.41 Å². The quantitative estimate of drug-likeness (QED) is 0.305. The average Bonchev–Trinajstić information content (AvgIpc) is 3.24. The van der Waals surface area contributed by atoms with Crippen molar-refractivity contribution in [1.82, 2.24) is 4.81 Å². The van der Waals surface area contributed by atoms with E-state index < -0.39 is 0 Å². The normalized spacial score (nSPS) is 23.7. The van der Waals surface area contributed by atoms with Crippen LogP contribution in [0.3, 0.4) is 0 Å². The molecule has 0 aliphatic carbocycles. The van der Waals surface area contributed by atoms with Gasteiger partial charge < -0.3 is 10.1 Å². The summed E-state index contributed by atoms with van der Waals surface area (Å²) >= 11 is 0. The van der Waals surface area contributed by atoms with E-state index >= 15 is 0 Å². The number of aliphatic imine (C=N–C) groups is 1. The van der Waals surface area contributed by atoms with E-state index in [-0.39, 0.29) is 5.41 Å². The highest BCUT2D eigenvalue weighted by Crippen LogP contribution is 2.51. The lowest BCUT2D eigenvalue weighted by atomic mass is 9.71. The van der Waals surface area contributed by atoms with Gasteiger partial charge in [-0.3, -0.25) is 0 Å². The fourth-order valence-electron chi connectivity index (χ4n) is 5.76. The molecule has 0 amide bonds. The average molecular weight is 447 g/mol. The molecule has 5 rings (SSSR count). The number of para-hydroxylation sites is 1. The first-order valence-corrected chi connectivity index (χ1v) is 12.3. The summed E-state index contributed by atoms with van der Waals surface area (Å²) in [6.07, 6.45) is 1.02. The van der Waals surface area contributed by atoms with E-state index in [1.165, 1.54) is 11.1 Å². The molecule has 3 nitrogen and oxygen atoms in total. The molecule has 0 saturated carbocycles. The van der Waals surface area contributed by atoms with E-state index in [4.69, 9.17) is 4.99 Å². The largest absolute Gasteiger partial charge is 0.379 e. The van der Waals surface area contributed by atoms with Crippen molar-refractivity contribution in [3.05, 3.63) is 108 Å². The minimum Gasteiger partial charge on any atom is -0.379 e. The predicted molar refractivity (Wildman–Crippen MR) is 147 cm³/mol. The third-order valence-corrected chi connectivity index (χ3v) is 7.62. The molecule has 2 heterocycles. The van der Waals surface area contributed by atoms with Crippen molar-refractivity contribution in [2.45, 2.75) is 45.2 Å². The summed E-state index contributed by atoms with van der Waals surface area (Å²) in [4.78, 5) is 7.77. The number of anilines is 1. The molecule has 1 unspecified atom stereocenters. The Morgan fingerprint density at radius 2 is 1.59 bits per heavy atom. The van der Waals surface area contributed by atoms with Crippen molar-refractivity contribution in [3.8, 4) is 0 Å². The number of hydrogen-bond acceptors (Lipinski definition) is 3. The van der Waals surface area contributed by atoms with Gasteiger partial charge in [0.05, 0.1) is 17.1 Å². The van der Waals surface area contributed by atoms with Crippen molar-refractivity contribution >= 4 is 25.1 Å². The predicted octanol–water partition coefficient (Wildman–Crippen LogP) is 5.96. The molecule has 0 radical (unpaired) electrons.